The van der Waals surface area contributed by atoms with Gasteiger partial charge in [0.25, 0.3) is 5.56 Å². The molecule has 0 spiro atoms. The van der Waals surface area contributed by atoms with Gasteiger partial charge in [-0.3, -0.25) is 9.78 Å². The monoisotopic (exact) mass is 355 g/mol. The summed E-state index contributed by atoms with van der Waals surface area (Å²) < 4.78 is 0. The van der Waals surface area contributed by atoms with Gasteiger partial charge < -0.3 is 15.1 Å². The van der Waals surface area contributed by atoms with Gasteiger partial charge in [0.15, 0.2) is 11.6 Å². The minimum Gasteiger partial charge on any atom is -0.367 e. The van der Waals surface area contributed by atoms with Crippen molar-refractivity contribution in [2.45, 2.75) is 32.1 Å². The molecular weight excluding hydrogens is 330 g/mol. The van der Waals surface area contributed by atoms with Gasteiger partial charge in [0.2, 0.25) is 5.95 Å². The molecule has 138 valence electrons. The maximum absolute atomic E-state index is 12.1. The van der Waals surface area contributed by atoms with E-state index in [1.807, 2.05) is 6.92 Å². The molecule has 2 saturated heterocycles. The zero-order chi connectivity index (χ0) is 17.9. The number of hydrogen-bond acceptors (Lipinski definition) is 7. The number of nitrogens with zero attached hydrogens (tertiary/aromatic N) is 5. The fourth-order valence-corrected chi connectivity index (χ4v) is 3.80. The maximum Gasteiger partial charge on any atom is 0.252 e. The number of aromatic nitrogens is 4. The SMILES string of the molecule is CCNc1nccnc1N1CCC(c2cc(=O)[nH]c(N3CCCC3)n2)C1. The van der Waals surface area contributed by atoms with Crippen LogP contribution in [0.25, 0.3) is 0 Å². The molecule has 2 aliphatic heterocycles. The van der Waals surface area contributed by atoms with Crippen LogP contribution in [0.1, 0.15) is 37.8 Å². The predicted octanol–water partition coefficient (Wildman–Crippen LogP) is 1.59. The average molecular weight is 355 g/mol. The van der Waals surface area contributed by atoms with E-state index in [9.17, 15) is 4.79 Å². The molecule has 8 nitrogen and oxygen atoms in total. The summed E-state index contributed by atoms with van der Waals surface area (Å²) in [4.78, 5) is 33.1. The third-order valence-electron chi connectivity index (χ3n) is 5.08. The van der Waals surface area contributed by atoms with Crippen molar-refractivity contribution in [1.29, 1.82) is 0 Å². The first-order valence-electron chi connectivity index (χ1n) is 9.40. The molecule has 1 unspecified atom stereocenters. The normalized spacial score (nSPS) is 20.0. The number of H-pyrrole nitrogens is 1. The van der Waals surface area contributed by atoms with Crippen LogP contribution in [0.2, 0.25) is 0 Å². The van der Waals surface area contributed by atoms with E-state index in [0.29, 0.717) is 0 Å². The molecule has 0 radical (unpaired) electrons. The highest BCUT2D eigenvalue weighted by atomic mass is 16.1. The number of nitrogens with one attached hydrogen (secondary N) is 2. The van der Waals surface area contributed by atoms with Crippen LogP contribution in [-0.4, -0.2) is 52.7 Å². The zero-order valence-electron chi connectivity index (χ0n) is 15.1. The van der Waals surface area contributed by atoms with Crippen molar-refractivity contribution in [2.24, 2.45) is 0 Å². The molecule has 0 bridgehead atoms. The second-order valence-corrected chi connectivity index (χ2v) is 6.88. The van der Waals surface area contributed by atoms with E-state index in [4.69, 9.17) is 4.98 Å². The van der Waals surface area contributed by atoms with Crippen LogP contribution in [0.4, 0.5) is 17.6 Å². The molecule has 4 heterocycles. The van der Waals surface area contributed by atoms with Gasteiger partial charge >= 0.3 is 0 Å². The van der Waals surface area contributed by atoms with Crippen molar-refractivity contribution in [3.05, 3.63) is 34.5 Å². The molecule has 0 aliphatic carbocycles. The molecule has 2 aliphatic rings. The molecule has 1 atom stereocenters. The number of anilines is 3. The summed E-state index contributed by atoms with van der Waals surface area (Å²) >= 11 is 0. The van der Waals surface area contributed by atoms with Crippen molar-refractivity contribution in [3.8, 4) is 0 Å². The van der Waals surface area contributed by atoms with Gasteiger partial charge in [-0.1, -0.05) is 0 Å². The summed E-state index contributed by atoms with van der Waals surface area (Å²) in [6.07, 6.45) is 6.70. The van der Waals surface area contributed by atoms with Gasteiger partial charge in [-0.2, -0.15) is 0 Å². The average Bonchev–Trinajstić information content (AvgIpc) is 3.34. The number of hydrogen-bond donors (Lipinski definition) is 2. The minimum absolute atomic E-state index is 0.0665. The Hall–Kier alpha value is -2.64. The lowest BCUT2D eigenvalue weighted by atomic mass is 10.1. The molecule has 2 aromatic heterocycles. The zero-order valence-corrected chi connectivity index (χ0v) is 15.1. The van der Waals surface area contributed by atoms with Crippen LogP contribution in [0.5, 0.6) is 0 Å². The summed E-state index contributed by atoms with van der Waals surface area (Å²) in [6.45, 7) is 6.47. The summed E-state index contributed by atoms with van der Waals surface area (Å²) in [7, 11) is 0. The van der Waals surface area contributed by atoms with Gasteiger partial charge in [-0.05, 0) is 26.2 Å². The van der Waals surface area contributed by atoms with Crippen molar-refractivity contribution in [3.63, 3.8) is 0 Å². The van der Waals surface area contributed by atoms with E-state index in [0.717, 1.165) is 75.3 Å². The Kier molecular flexibility index (Phi) is 4.73. The van der Waals surface area contributed by atoms with E-state index >= 15 is 0 Å². The van der Waals surface area contributed by atoms with E-state index in [1.54, 1.807) is 18.5 Å². The molecule has 2 aromatic rings. The first kappa shape index (κ1) is 16.8. The molecule has 0 saturated carbocycles. The Morgan fingerprint density at radius 1 is 1.19 bits per heavy atom. The van der Waals surface area contributed by atoms with Gasteiger partial charge in [0, 0.05) is 57.1 Å². The minimum atomic E-state index is -0.0665. The highest BCUT2D eigenvalue weighted by molar-refractivity contribution is 5.61. The molecule has 2 N–H and O–H groups in total. The molecule has 4 rings (SSSR count). The summed E-state index contributed by atoms with van der Waals surface area (Å²) in [6, 6.07) is 1.65. The van der Waals surface area contributed by atoms with Crippen LogP contribution >= 0.6 is 0 Å². The van der Waals surface area contributed by atoms with Gasteiger partial charge in [-0.15, -0.1) is 0 Å². The smallest absolute Gasteiger partial charge is 0.252 e. The van der Waals surface area contributed by atoms with Crippen LogP contribution in [-0.2, 0) is 0 Å². The van der Waals surface area contributed by atoms with Crippen molar-refractivity contribution in [2.75, 3.05) is 47.8 Å². The third kappa shape index (κ3) is 3.36. The second kappa shape index (κ2) is 7.31. The molecular formula is C18H25N7O. The molecule has 0 aromatic carbocycles. The lowest BCUT2D eigenvalue weighted by molar-refractivity contribution is 0.729. The lowest BCUT2D eigenvalue weighted by Gasteiger charge is -2.20. The van der Waals surface area contributed by atoms with Crippen LogP contribution in [0, 0.1) is 0 Å². The number of rotatable bonds is 5. The molecule has 2 fully saturated rings. The Morgan fingerprint density at radius 2 is 2.00 bits per heavy atom. The number of aromatic amines is 1. The Bertz CT molecular complexity index is 815. The molecule has 0 amide bonds. The topological polar surface area (TPSA) is 90.0 Å². The van der Waals surface area contributed by atoms with E-state index < -0.39 is 0 Å². The molecule has 8 heteroatoms. The Labute approximate surface area is 152 Å². The van der Waals surface area contributed by atoms with Gasteiger partial charge in [0.1, 0.15) is 0 Å². The van der Waals surface area contributed by atoms with E-state index in [2.05, 4.69) is 30.1 Å². The van der Waals surface area contributed by atoms with E-state index in [-0.39, 0.29) is 11.5 Å². The first-order valence-corrected chi connectivity index (χ1v) is 9.40. The summed E-state index contributed by atoms with van der Waals surface area (Å²) in [5.41, 5.74) is 0.815. The fraction of sp³-hybridized carbons (Fsp3) is 0.556. The largest absolute Gasteiger partial charge is 0.367 e. The van der Waals surface area contributed by atoms with Crippen molar-refractivity contribution >= 4 is 17.6 Å². The fourth-order valence-electron chi connectivity index (χ4n) is 3.80. The third-order valence-corrected chi connectivity index (χ3v) is 5.08. The van der Waals surface area contributed by atoms with Crippen LogP contribution in [0.3, 0.4) is 0 Å². The van der Waals surface area contributed by atoms with Crippen LogP contribution in [0.15, 0.2) is 23.3 Å². The van der Waals surface area contributed by atoms with Crippen molar-refractivity contribution in [1.82, 2.24) is 19.9 Å². The summed E-state index contributed by atoms with van der Waals surface area (Å²) in [5.74, 6) is 2.64. The quantitative estimate of drug-likeness (QED) is 0.842. The lowest BCUT2D eigenvalue weighted by Crippen LogP contribution is -2.26. The van der Waals surface area contributed by atoms with E-state index in [1.165, 1.54) is 0 Å². The Balaban J connectivity index is 1.55. The van der Waals surface area contributed by atoms with Crippen LogP contribution < -0.4 is 20.7 Å². The van der Waals surface area contributed by atoms with Crippen molar-refractivity contribution < 1.29 is 0 Å². The predicted molar refractivity (Wildman–Crippen MR) is 102 cm³/mol. The first-order chi connectivity index (χ1) is 12.7. The highest BCUT2D eigenvalue weighted by Gasteiger charge is 2.28. The molecule has 26 heavy (non-hydrogen) atoms. The van der Waals surface area contributed by atoms with Gasteiger partial charge in [-0.25, -0.2) is 15.0 Å². The van der Waals surface area contributed by atoms with Gasteiger partial charge in [0.05, 0.1) is 5.69 Å². The summed E-state index contributed by atoms with van der Waals surface area (Å²) in [5, 5.41) is 3.27. The maximum atomic E-state index is 12.1. The Morgan fingerprint density at radius 3 is 2.81 bits per heavy atom. The highest BCUT2D eigenvalue weighted by Crippen LogP contribution is 2.31. The second-order valence-electron chi connectivity index (χ2n) is 6.88. The standard InChI is InChI=1S/C18H25N7O/c1-2-19-16-17(21-7-6-20-16)25-10-5-13(12-25)14-11-15(26)23-18(22-14)24-8-3-4-9-24/h6-7,11,13H,2-5,8-10,12H2,1H3,(H,19,20)(H,22,23,26).